The van der Waals surface area contributed by atoms with E-state index in [2.05, 4.69) is 10.2 Å². The molecule has 5 rings (SSSR count). The SMILES string of the molecule is O=S(=O)(c1cccc(C(F)(F)F)c1)N1CCN(c2ccc(-c3ccc4c(c3)OCO4)nn2)CC1. The molecule has 0 bridgehead atoms. The average molecular weight is 492 g/mol. The fourth-order valence-electron chi connectivity index (χ4n) is 3.84. The van der Waals surface area contributed by atoms with Gasteiger partial charge in [-0.15, -0.1) is 10.2 Å². The summed E-state index contributed by atoms with van der Waals surface area (Å²) < 4.78 is 76.6. The highest BCUT2D eigenvalue weighted by molar-refractivity contribution is 7.89. The molecule has 3 aromatic rings. The van der Waals surface area contributed by atoms with Crippen LogP contribution in [0.4, 0.5) is 19.0 Å². The van der Waals surface area contributed by atoms with Gasteiger partial charge in [0.1, 0.15) is 0 Å². The number of anilines is 1. The Morgan fingerprint density at radius 1 is 0.853 bits per heavy atom. The lowest BCUT2D eigenvalue weighted by Gasteiger charge is -2.34. The molecule has 12 heteroatoms. The van der Waals surface area contributed by atoms with Crippen LogP contribution in [0.2, 0.25) is 0 Å². The minimum Gasteiger partial charge on any atom is -0.454 e. The number of piperazine rings is 1. The molecule has 8 nitrogen and oxygen atoms in total. The van der Waals surface area contributed by atoms with Crippen molar-refractivity contribution in [1.29, 1.82) is 0 Å². The molecule has 0 spiro atoms. The van der Waals surface area contributed by atoms with Gasteiger partial charge in [0.25, 0.3) is 0 Å². The van der Waals surface area contributed by atoms with Crippen LogP contribution in [0.15, 0.2) is 59.5 Å². The molecule has 1 saturated heterocycles. The molecule has 0 radical (unpaired) electrons. The van der Waals surface area contributed by atoms with E-state index < -0.39 is 21.8 Å². The maximum atomic E-state index is 13.0. The largest absolute Gasteiger partial charge is 0.454 e. The Balaban J connectivity index is 1.26. The average Bonchev–Trinajstić information content (AvgIpc) is 3.32. The van der Waals surface area contributed by atoms with Crippen LogP contribution in [0.25, 0.3) is 11.3 Å². The van der Waals surface area contributed by atoms with Crippen molar-refractivity contribution in [2.45, 2.75) is 11.1 Å². The number of fused-ring (bicyclic) bond motifs is 1. The van der Waals surface area contributed by atoms with E-state index in [1.165, 1.54) is 10.4 Å². The second-order valence-electron chi connectivity index (χ2n) is 7.76. The van der Waals surface area contributed by atoms with E-state index >= 15 is 0 Å². The quantitative estimate of drug-likeness (QED) is 0.552. The fraction of sp³-hybridized carbons (Fsp3) is 0.273. The Morgan fingerprint density at radius 3 is 2.32 bits per heavy atom. The Bertz CT molecular complexity index is 1310. The third-order valence-corrected chi connectivity index (χ3v) is 7.58. The predicted molar refractivity (Wildman–Crippen MR) is 116 cm³/mol. The van der Waals surface area contributed by atoms with Crippen molar-refractivity contribution in [1.82, 2.24) is 14.5 Å². The Hall–Kier alpha value is -3.38. The molecule has 2 aliphatic rings. The molecule has 0 aliphatic carbocycles. The molecule has 1 aromatic heterocycles. The first-order chi connectivity index (χ1) is 16.2. The van der Waals surface area contributed by atoms with Crippen LogP contribution < -0.4 is 14.4 Å². The van der Waals surface area contributed by atoms with Crippen molar-refractivity contribution in [3.05, 3.63) is 60.2 Å². The van der Waals surface area contributed by atoms with E-state index in [9.17, 15) is 21.6 Å². The summed E-state index contributed by atoms with van der Waals surface area (Å²) in [5.74, 6) is 1.90. The lowest BCUT2D eigenvalue weighted by molar-refractivity contribution is -0.137. The molecular weight excluding hydrogens is 473 g/mol. The van der Waals surface area contributed by atoms with Crippen molar-refractivity contribution in [3.63, 3.8) is 0 Å². The second kappa shape index (κ2) is 8.44. The Morgan fingerprint density at radius 2 is 1.62 bits per heavy atom. The zero-order chi connectivity index (χ0) is 23.9. The lowest BCUT2D eigenvalue weighted by atomic mass is 10.1. The molecule has 0 N–H and O–H groups in total. The number of ether oxygens (including phenoxy) is 2. The van der Waals surface area contributed by atoms with E-state index in [0.29, 0.717) is 42.2 Å². The van der Waals surface area contributed by atoms with Crippen LogP contribution in [0.5, 0.6) is 11.5 Å². The van der Waals surface area contributed by atoms with Crippen LogP contribution >= 0.6 is 0 Å². The highest BCUT2D eigenvalue weighted by Crippen LogP contribution is 2.35. The van der Waals surface area contributed by atoms with Crippen LogP contribution in [0, 0.1) is 0 Å². The standard InChI is InChI=1S/C22H19F3N4O4S/c23-22(24,25)16-2-1-3-17(13-16)34(30,31)29-10-8-28(9-11-29)21-7-5-18(26-27-21)15-4-6-19-20(12-15)33-14-32-19/h1-7,12-13H,8-11,14H2. The van der Waals surface area contributed by atoms with E-state index in [4.69, 9.17) is 9.47 Å². The number of nitrogens with zero attached hydrogens (tertiary/aromatic N) is 4. The first-order valence-electron chi connectivity index (χ1n) is 10.4. The number of halogens is 3. The monoisotopic (exact) mass is 492 g/mol. The summed E-state index contributed by atoms with van der Waals surface area (Å²) in [6, 6.07) is 12.9. The summed E-state index contributed by atoms with van der Waals surface area (Å²) >= 11 is 0. The zero-order valence-electron chi connectivity index (χ0n) is 17.7. The maximum Gasteiger partial charge on any atom is 0.416 e. The molecule has 2 aromatic carbocycles. The van der Waals surface area contributed by atoms with Gasteiger partial charge in [0, 0.05) is 31.7 Å². The number of aromatic nitrogens is 2. The molecule has 0 atom stereocenters. The van der Waals surface area contributed by atoms with Crippen molar-refractivity contribution < 1.29 is 31.1 Å². The van der Waals surface area contributed by atoms with Gasteiger partial charge in [0.15, 0.2) is 17.3 Å². The number of sulfonamides is 1. The van der Waals surface area contributed by atoms with Crippen LogP contribution in [0.3, 0.4) is 0 Å². The third kappa shape index (κ3) is 4.26. The minimum absolute atomic E-state index is 0.115. The lowest BCUT2D eigenvalue weighted by Crippen LogP contribution is -2.49. The number of benzene rings is 2. The maximum absolute atomic E-state index is 13.0. The van der Waals surface area contributed by atoms with Gasteiger partial charge in [-0.25, -0.2) is 8.42 Å². The molecule has 178 valence electrons. The third-order valence-electron chi connectivity index (χ3n) is 5.68. The van der Waals surface area contributed by atoms with Gasteiger partial charge in [0.05, 0.1) is 16.2 Å². The molecule has 34 heavy (non-hydrogen) atoms. The minimum atomic E-state index is -4.62. The van der Waals surface area contributed by atoms with Gasteiger partial charge in [0.2, 0.25) is 16.8 Å². The number of rotatable bonds is 4. The summed E-state index contributed by atoms with van der Waals surface area (Å²) in [5, 5.41) is 8.54. The summed E-state index contributed by atoms with van der Waals surface area (Å²) in [4.78, 5) is 1.51. The number of hydrogen-bond acceptors (Lipinski definition) is 7. The normalized spacial score (nSPS) is 16.6. The number of hydrogen-bond donors (Lipinski definition) is 0. The van der Waals surface area contributed by atoms with Gasteiger partial charge in [-0.3, -0.25) is 0 Å². The van der Waals surface area contributed by atoms with Crippen LogP contribution in [-0.4, -0.2) is 55.9 Å². The fourth-order valence-corrected chi connectivity index (χ4v) is 5.31. The molecule has 1 fully saturated rings. The first kappa shape index (κ1) is 22.4. The van der Waals surface area contributed by atoms with Crippen molar-refractivity contribution in [2.75, 3.05) is 37.9 Å². The Kier molecular flexibility index (Phi) is 5.56. The van der Waals surface area contributed by atoms with E-state index in [1.54, 1.807) is 12.1 Å². The molecular formula is C22H19F3N4O4S. The van der Waals surface area contributed by atoms with E-state index in [1.807, 2.05) is 23.1 Å². The Labute approximate surface area is 193 Å². The van der Waals surface area contributed by atoms with E-state index in [-0.39, 0.29) is 24.8 Å². The van der Waals surface area contributed by atoms with Crippen LogP contribution in [0.1, 0.15) is 5.56 Å². The highest BCUT2D eigenvalue weighted by atomic mass is 32.2. The number of alkyl halides is 3. The smallest absolute Gasteiger partial charge is 0.416 e. The highest BCUT2D eigenvalue weighted by Gasteiger charge is 2.34. The molecule has 3 heterocycles. The van der Waals surface area contributed by atoms with Gasteiger partial charge in [-0.2, -0.15) is 17.5 Å². The molecule has 0 amide bonds. The molecule has 2 aliphatic heterocycles. The van der Waals surface area contributed by atoms with Gasteiger partial charge < -0.3 is 14.4 Å². The van der Waals surface area contributed by atoms with E-state index in [0.717, 1.165) is 17.7 Å². The second-order valence-corrected chi connectivity index (χ2v) is 9.70. The topological polar surface area (TPSA) is 84.9 Å². The zero-order valence-corrected chi connectivity index (χ0v) is 18.5. The summed E-state index contributed by atoms with van der Waals surface area (Å²) in [5.41, 5.74) is 0.471. The summed E-state index contributed by atoms with van der Waals surface area (Å²) in [6.07, 6.45) is -4.62. The van der Waals surface area contributed by atoms with Gasteiger partial charge >= 0.3 is 6.18 Å². The molecule has 0 saturated carbocycles. The van der Waals surface area contributed by atoms with Gasteiger partial charge in [-0.05, 0) is 48.5 Å². The van der Waals surface area contributed by atoms with Crippen molar-refractivity contribution in [2.24, 2.45) is 0 Å². The van der Waals surface area contributed by atoms with Crippen molar-refractivity contribution >= 4 is 15.8 Å². The first-order valence-corrected chi connectivity index (χ1v) is 11.8. The predicted octanol–water partition coefficient (Wildman–Crippen LogP) is 3.40. The van der Waals surface area contributed by atoms with Gasteiger partial charge in [-0.1, -0.05) is 6.07 Å². The summed E-state index contributed by atoms with van der Waals surface area (Å²) in [7, 11) is -4.05. The van der Waals surface area contributed by atoms with Crippen LogP contribution in [-0.2, 0) is 16.2 Å². The van der Waals surface area contributed by atoms with Crippen molar-refractivity contribution in [3.8, 4) is 22.8 Å². The summed E-state index contributed by atoms with van der Waals surface area (Å²) in [6.45, 7) is 1.07. The molecule has 0 unspecified atom stereocenters.